The number of halogens is 1. The maximum Gasteiger partial charge on any atom is 0.300 e. The summed E-state index contributed by atoms with van der Waals surface area (Å²) in [4.78, 5) is 13.3. The Bertz CT molecular complexity index is 129. The second-order valence-corrected chi connectivity index (χ2v) is 1.73. The third kappa shape index (κ3) is 5.12. The average Bonchev–Trinajstić information content (AvgIpc) is 1.85. The topological polar surface area (TPSA) is 33.5 Å². The van der Waals surface area contributed by atoms with Gasteiger partial charge in [-0.05, 0) is 0 Å². The first kappa shape index (κ1) is 8.25. The fraction of sp³-hybridized carbons (Fsp3) is 0.600. The van der Waals surface area contributed by atoms with E-state index in [2.05, 4.69) is 10.2 Å². The van der Waals surface area contributed by atoms with Gasteiger partial charge in [-0.2, -0.15) is 0 Å². The second-order valence-electron chi connectivity index (χ2n) is 1.36. The lowest BCUT2D eigenvalue weighted by atomic mass is 10.6. The normalized spacial score (nSPS) is 8.00. The fourth-order valence-corrected chi connectivity index (χ4v) is 0.409. The van der Waals surface area contributed by atoms with Gasteiger partial charge in [0.05, 0.1) is 0 Å². The van der Waals surface area contributed by atoms with Crippen molar-refractivity contribution in [1.82, 2.24) is 5.32 Å². The highest BCUT2D eigenvalue weighted by Crippen LogP contribution is 1.72. The van der Waals surface area contributed by atoms with Crippen LogP contribution in [0.4, 0.5) is 0 Å². The van der Waals surface area contributed by atoms with Crippen molar-refractivity contribution in [3.8, 4) is 0 Å². The minimum Gasteiger partial charge on any atom is -0.348 e. The molecule has 0 aliphatic rings. The van der Waals surface area contributed by atoms with E-state index in [1.165, 1.54) is 0 Å². The van der Waals surface area contributed by atoms with Gasteiger partial charge < -0.3 is 10.2 Å². The van der Waals surface area contributed by atoms with E-state index < -0.39 is 0 Å². The number of amides is 1. The molecule has 3 nitrogen and oxygen atoms in total. The lowest BCUT2D eigenvalue weighted by Crippen LogP contribution is -2.26. The third-order valence-electron chi connectivity index (χ3n) is 0.639. The van der Waals surface area contributed by atoms with Crippen LogP contribution in [0, 0.1) is 6.57 Å². The summed E-state index contributed by atoms with van der Waals surface area (Å²) in [5, 5.41) is 2.45. The average molecular weight is 147 g/mol. The maximum atomic E-state index is 10.4. The van der Waals surface area contributed by atoms with Crippen LogP contribution in [0.5, 0.6) is 0 Å². The van der Waals surface area contributed by atoms with E-state index in [1.807, 2.05) is 0 Å². The Hall–Kier alpha value is -0.750. The van der Waals surface area contributed by atoms with Crippen molar-refractivity contribution in [2.24, 2.45) is 0 Å². The zero-order valence-corrected chi connectivity index (χ0v) is 5.61. The van der Waals surface area contributed by atoms with E-state index in [9.17, 15) is 4.79 Å². The predicted octanol–water partition coefficient (Wildman–Crippen LogP) is 0.261. The van der Waals surface area contributed by atoms with Crippen molar-refractivity contribution in [2.45, 2.75) is 0 Å². The molecule has 0 aliphatic heterocycles. The zero-order chi connectivity index (χ0) is 7.11. The predicted molar refractivity (Wildman–Crippen MR) is 35.2 cm³/mol. The molecule has 0 heterocycles. The SMILES string of the molecule is [C-]#[N+]CC(=O)NCCCl. The molecule has 0 aromatic rings. The van der Waals surface area contributed by atoms with Crippen LogP contribution in [0.2, 0.25) is 0 Å². The summed E-state index contributed by atoms with van der Waals surface area (Å²) < 4.78 is 0. The highest BCUT2D eigenvalue weighted by atomic mass is 35.5. The number of nitrogens with zero attached hydrogens (tertiary/aromatic N) is 1. The molecular formula is C5H7ClN2O. The molecule has 0 fully saturated rings. The molecule has 0 atom stereocenters. The van der Waals surface area contributed by atoms with Crippen LogP contribution in [-0.2, 0) is 4.79 Å². The van der Waals surface area contributed by atoms with E-state index in [4.69, 9.17) is 18.2 Å². The smallest absolute Gasteiger partial charge is 0.300 e. The molecule has 0 spiro atoms. The molecule has 1 amide bonds. The zero-order valence-electron chi connectivity index (χ0n) is 4.85. The number of carbonyl (C=O) groups is 1. The summed E-state index contributed by atoms with van der Waals surface area (Å²) in [7, 11) is 0. The van der Waals surface area contributed by atoms with Crippen molar-refractivity contribution in [3.63, 3.8) is 0 Å². The van der Waals surface area contributed by atoms with Gasteiger partial charge in [0.1, 0.15) is 0 Å². The van der Waals surface area contributed by atoms with Crippen molar-refractivity contribution in [2.75, 3.05) is 19.0 Å². The van der Waals surface area contributed by atoms with Gasteiger partial charge in [-0.25, -0.2) is 6.57 Å². The number of rotatable bonds is 3. The van der Waals surface area contributed by atoms with Crippen LogP contribution in [-0.4, -0.2) is 24.9 Å². The van der Waals surface area contributed by atoms with Crippen molar-refractivity contribution >= 4 is 17.5 Å². The van der Waals surface area contributed by atoms with Crippen LogP contribution in [0.25, 0.3) is 4.85 Å². The molecule has 0 aromatic carbocycles. The Morgan fingerprint density at radius 2 is 2.44 bits per heavy atom. The number of nitrogens with one attached hydrogen (secondary N) is 1. The summed E-state index contributed by atoms with van der Waals surface area (Å²) in [5.41, 5.74) is 0. The number of carbonyl (C=O) groups excluding carboxylic acids is 1. The van der Waals surface area contributed by atoms with Crippen LogP contribution in [0.15, 0.2) is 0 Å². The monoisotopic (exact) mass is 146 g/mol. The quantitative estimate of drug-likeness (QED) is 0.450. The first-order chi connectivity index (χ1) is 4.31. The van der Waals surface area contributed by atoms with Gasteiger partial charge in [-0.1, -0.05) is 0 Å². The first-order valence-electron chi connectivity index (χ1n) is 2.47. The molecule has 0 radical (unpaired) electrons. The molecule has 0 aliphatic carbocycles. The molecule has 1 N–H and O–H groups in total. The fourth-order valence-electron chi connectivity index (χ4n) is 0.314. The largest absolute Gasteiger partial charge is 0.348 e. The number of hydrogen-bond donors (Lipinski definition) is 1. The van der Waals surface area contributed by atoms with Gasteiger partial charge >= 0.3 is 0 Å². The van der Waals surface area contributed by atoms with E-state index in [0.29, 0.717) is 12.4 Å². The minimum absolute atomic E-state index is 0.100. The van der Waals surface area contributed by atoms with E-state index in [1.54, 1.807) is 0 Å². The van der Waals surface area contributed by atoms with Gasteiger partial charge in [-0.3, -0.25) is 4.79 Å². The van der Waals surface area contributed by atoms with Gasteiger partial charge in [0.15, 0.2) is 0 Å². The van der Waals surface area contributed by atoms with Crippen molar-refractivity contribution in [1.29, 1.82) is 0 Å². The summed E-state index contributed by atoms with van der Waals surface area (Å²) in [6.07, 6.45) is 0. The Morgan fingerprint density at radius 1 is 1.78 bits per heavy atom. The minimum atomic E-state index is -0.259. The molecule has 0 saturated heterocycles. The Kier molecular flexibility index (Phi) is 4.94. The molecule has 0 bridgehead atoms. The third-order valence-corrected chi connectivity index (χ3v) is 0.828. The van der Waals surface area contributed by atoms with E-state index in [0.717, 1.165) is 0 Å². The standard InChI is InChI=1S/C5H7ClN2O/c1-7-4-5(9)8-3-2-6/h2-4H2,(H,8,9). The summed E-state index contributed by atoms with van der Waals surface area (Å²) in [6, 6.07) is 0. The summed E-state index contributed by atoms with van der Waals surface area (Å²) in [5.74, 6) is 0.134. The molecule has 9 heavy (non-hydrogen) atoms. The molecule has 0 saturated carbocycles. The van der Waals surface area contributed by atoms with Gasteiger partial charge in [-0.15, -0.1) is 11.6 Å². The van der Waals surface area contributed by atoms with Gasteiger partial charge in [0, 0.05) is 12.4 Å². The Labute approximate surface area is 58.8 Å². The molecule has 50 valence electrons. The first-order valence-corrected chi connectivity index (χ1v) is 3.00. The van der Waals surface area contributed by atoms with Crippen molar-refractivity contribution in [3.05, 3.63) is 11.4 Å². The van der Waals surface area contributed by atoms with E-state index >= 15 is 0 Å². The molecule has 0 unspecified atom stereocenters. The van der Waals surface area contributed by atoms with Gasteiger partial charge in [0.25, 0.3) is 12.5 Å². The van der Waals surface area contributed by atoms with E-state index in [-0.39, 0.29) is 12.5 Å². The van der Waals surface area contributed by atoms with Crippen LogP contribution in [0.3, 0.4) is 0 Å². The lowest BCUT2D eigenvalue weighted by Gasteiger charge is -1.93. The highest BCUT2D eigenvalue weighted by molar-refractivity contribution is 6.18. The van der Waals surface area contributed by atoms with Crippen LogP contribution < -0.4 is 5.32 Å². The van der Waals surface area contributed by atoms with Gasteiger partial charge in [0.2, 0.25) is 0 Å². The number of hydrogen-bond acceptors (Lipinski definition) is 1. The number of alkyl halides is 1. The lowest BCUT2D eigenvalue weighted by molar-refractivity contribution is -0.119. The Morgan fingerprint density at radius 3 is 2.89 bits per heavy atom. The molecule has 4 heteroatoms. The van der Waals surface area contributed by atoms with Crippen LogP contribution >= 0.6 is 11.6 Å². The van der Waals surface area contributed by atoms with Crippen LogP contribution in [0.1, 0.15) is 0 Å². The highest BCUT2D eigenvalue weighted by Gasteiger charge is 1.99. The summed E-state index contributed by atoms with van der Waals surface area (Å²) >= 11 is 5.25. The second kappa shape index (κ2) is 5.39. The Balaban J connectivity index is 3.19. The maximum absolute atomic E-state index is 10.4. The molecule has 0 rings (SSSR count). The van der Waals surface area contributed by atoms with Crippen molar-refractivity contribution < 1.29 is 4.79 Å². The molecular weight excluding hydrogens is 140 g/mol. The summed E-state index contributed by atoms with van der Waals surface area (Å²) in [6.45, 7) is 6.64. The molecule has 0 aromatic heterocycles.